The Morgan fingerprint density at radius 3 is 2.43 bits per heavy atom. The second kappa shape index (κ2) is 6.41. The van der Waals surface area contributed by atoms with Gasteiger partial charge in [0.15, 0.2) is 0 Å². The van der Waals surface area contributed by atoms with Gasteiger partial charge in [-0.05, 0) is 51.2 Å². The molecule has 2 N–H and O–H groups in total. The second-order valence-electron chi connectivity index (χ2n) is 5.03. The average Bonchev–Trinajstić information content (AvgIpc) is 2.18. The summed E-state index contributed by atoms with van der Waals surface area (Å²) >= 11 is 0. The Morgan fingerprint density at radius 2 is 1.86 bits per heavy atom. The van der Waals surface area contributed by atoms with E-state index in [1.165, 1.54) is 38.8 Å². The van der Waals surface area contributed by atoms with Crippen LogP contribution in [-0.4, -0.2) is 31.6 Å². The van der Waals surface area contributed by atoms with Crippen LogP contribution in [0.3, 0.4) is 0 Å². The van der Waals surface area contributed by atoms with Crippen molar-refractivity contribution in [2.45, 2.75) is 39.0 Å². The molecule has 0 bridgehead atoms. The van der Waals surface area contributed by atoms with Crippen LogP contribution in [0.15, 0.2) is 0 Å². The van der Waals surface area contributed by atoms with Crippen LogP contribution >= 0.6 is 0 Å². The molecule has 0 amide bonds. The molecule has 1 aliphatic carbocycles. The summed E-state index contributed by atoms with van der Waals surface area (Å²) in [6.07, 6.45) is 6.90. The topological polar surface area (TPSA) is 29.3 Å². The van der Waals surface area contributed by atoms with E-state index in [0.717, 1.165) is 24.8 Å². The fraction of sp³-hybridized carbons (Fsp3) is 1.00. The molecule has 2 nitrogen and oxygen atoms in total. The lowest BCUT2D eigenvalue weighted by molar-refractivity contribution is 0.209. The molecule has 1 fully saturated rings. The number of nitrogens with zero attached hydrogens (tertiary/aromatic N) is 1. The van der Waals surface area contributed by atoms with Gasteiger partial charge in [0.25, 0.3) is 0 Å². The molecule has 14 heavy (non-hydrogen) atoms. The van der Waals surface area contributed by atoms with E-state index < -0.39 is 0 Å². The third kappa shape index (κ3) is 4.43. The lowest BCUT2D eigenvalue weighted by atomic mass is 9.83. The van der Waals surface area contributed by atoms with E-state index in [-0.39, 0.29) is 0 Å². The fourth-order valence-corrected chi connectivity index (χ4v) is 2.40. The maximum absolute atomic E-state index is 5.50. The van der Waals surface area contributed by atoms with Gasteiger partial charge in [-0.15, -0.1) is 0 Å². The molecule has 0 spiro atoms. The summed E-state index contributed by atoms with van der Waals surface area (Å²) in [7, 11) is 2.23. The summed E-state index contributed by atoms with van der Waals surface area (Å²) in [5.74, 6) is 1.93. The molecule has 1 aliphatic rings. The molecular formula is C12H26N2. The van der Waals surface area contributed by atoms with Gasteiger partial charge < -0.3 is 10.6 Å². The Balaban J connectivity index is 2.10. The van der Waals surface area contributed by atoms with E-state index in [0.29, 0.717) is 0 Å². The third-order valence-corrected chi connectivity index (χ3v) is 3.45. The zero-order valence-corrected chi connectivity index (χ0v) is 9.84. The van der Waals surface area contributed by atoms with Gasteiger partial charge in [-0.3, -0.25) is 0 Å². The predicted molar refractivity (Wildman–Crippen MR) is 62.3 cm³/mol. The van der Waals surface area contributed by atoms with Crippen LogP contribution in [0.1, 0.15) is 39.0 Å². The molecule has 1 rings (SSSR count). The highest BCUT2D eigenvalue weighted by molar-refractivity contribution is 4.72. The molecule has 84 valence electrons. The SMILES string of the molecule is CC1CCC(CN(C)CCCN)CC1. The van der Waals surface area contributed by atoms with E-state index in [4.69, 9.17) is 5.73 Å². The van der Waals surface area contributed by atoms with Crippen molar-refractivity contribution in [2.24, 2.45) is 17.6 Å². The molecular weight excluding hydrogens is 172 g/mol. The Kier molecular flexibility index (Phi) is 5.49. The molecule has 0 unspecified atom stereocenters. The molecule has 0 aromatic heterocycles. The third-order valence-electron chi connectivity index (χ3n) is 3.45. The number of hydrogen-bond donors (Lipinski definition) is 1. The molecule has 1 saturated carbocycles. The van der Waals surface area contributed by atoms with E-state index >= 15 is 0 Å². The molecule has 0 saturated heterocycles. The fourth-order valence-electron chi connectivity index (χ4n) is 2.40. The average molecular weight is 198 g/mol. The molecule has 0 atom stereocenters. The minimum Gasteiger partial charge on any atom is -0.330 e. The first kappa shape index (κ1) is 12.0. The van der Waals surface area contributed by atoms with Crippen LogP contribution in [0.4, 0.5) is 0 Å². The predicted octanol–water partition coefficient (Wildman–Crippen LogP) is 2.09. The van der Waals surface area contributed by atoms with Gasteiger partial charge >= 0.3 is 0 Å². The zero-order valence-electron chi connectivity index (χ0n) is 9.84. The summed E-state index contributed by atoms with van der Waals surface area (Å²) in [5, 5.41) is 0. The van der Waals surface area contributed by atoms with Crippen molar-refractivity contribution in [3.05, 3.63) is 0 Å². The zero-order chi connectivity index (χ0) is 10.4. The maximum Gasteiger partial charge on any atom is 0.000662 e. The van der Waals surface area contributed by atoms with Gasteiger partial charge in [0, 0.05) is 6.54 Å². The summed E-state index contributed by atoms with van der Waals surface area (Å²) < 4.78 is 0. The summed E-state index contributed by atoms with van der Waals surface area (Å²) in [5.41, 5.74) is 5.50. The number of nitrogens with two attached hydrogens (primary N) is 1. The Morgan fingerprint density at radius 1 is 1.21 bits per heavy atom. The Bertz CT molecular complexity index is 139. The lowest BCUT2D eigenvalue weighted by Crippen LogP contribution is -2.29. The van der Waals surface area contributed by atoms with Gasteiger partial charge in [-0.25, -0.2) is 0 Å². The molecule has 0 radical (unpaired) electrons. The molecule has 0 heterocycles. The minimum absolute atomic E-state index is 0.825. The monoisotopic (exact) mass is 198 g/mol. The highest BCUT2D eigenvalue weighted by atomic mass is 15.1. The van der Waals surface area contributed by atoms with Crippen molar-refractivity contribution < 1.29 is 0 Å². The van der Waals surface area contributed by atoms with E-state index in [2.05, 4.69) is 18.9 Å². The summed E-state index contributed by atoms with van der Waals surface area (Å²) in [6, 6.07) is 0. The van der Waals surface area contributed by atoms with Crippen LogP contribution in [0, 0.1) is 11.8 Å². The molecule has 0 aromatic carbocycles. The van der Waals surface area contributed by atoms with Crippen molar-refractivity contribution in [2.75, 3.05) is 26.7 Å². The molecule has 0 aliphatic heterocycles. The molecule has 2 heteroatoms. The van der Waals surface area contributed by atoms with Crippen LogP contribution in [-0.2, 0) is 0 Å². The van der Waals surface area contributed by atoms with Crippen molar-refractivity contribution in [1.29, 1.82) is 0 Å². The summed E-state index contributed by atoms with van der Waals surface area (Å²) in [4.78, 5) is 2.45. The van der Waals surface area contributed by atoms with E-state index in [1.807, 2.05) is 0 Å². The second-order valence-corrected chi connectivity index (χ2v) is 5.03. The van der Waals surface area contributed by atoms with Crippen molar-refractivity contribution in [3.63, 3.8) is 0 Å². The van der Waals surface area contributed by atoms with Gasteiger partial charge in [0.1, 0.15) is 0 Å². The smallest absolute Gasteiger partial charge is 0.000662 e. The number of rotatable bonds is 5. The van der Waals surface area contributed by atoms with Crippen LogP contribution in [0.5, 0.6) is 0 Å². The first-order chi connectivity index (χ1) is 6.72. The first-order valence-corrected chi connectivity index (χ1v) is 6.11. The largest absolute Gasteiger partial charge is 0.330 e. The quantitative estimate of drug-likeness (QED) is 0.733. The van der Waals surface area contributed by atoms with Crippen molar-refractivity contribution in [3.8, 4) is 0 Å². The van der Waals surface area contributed by atoms with Gasteiger partial charge in [0.2, 0.25) is 0 Å². The standard InChI is InChI=1S/C12H26N2/c1-11-4-6-12(7-5-11)10-14(2)9-3-8-13/h11-12H,3-10,13H2,1-2H3. The maximum atomic E-state index is 5.50. The van der Waals surface area contributed by atoms with Crippen LogP contribution < -0.4 is 5.73 Å². The Hall–Kier alpha value is -0.0800. The van der Waals surface area contributed by atoms with Gasteiger partial charge in [-0.2, -0.15) is 0 Å². The van der Waals surface area contributed by atoms with Crippen LogP contribution in [0.25, 0.3) is 0 Å². The first-order valence-electron chi connectivity index (χ1n) is 6.11. The Labute approximate surface area is 88.8 Å². The van der Waals surface area contributed by atoms with E-state index in [9.17, 15) is 0 Å². The van der Waals surface area contributed by atoms with Crippen molar-refractivity contribution in [1.82, 2.24) is 4.90 Å². The lowest BCUT2D eigenvalue weighted by Gasteiger charge is -2.29. The minimum atomic E-state index is 0.825. The van der Waals surface area contributed by atoms with Gasteiger partial charge in [0.05, 0.1) is 0 Å². The van der Waals surface area contributed by atoms with Gasteiger partial charge in [-0.1, -0.05) is 19.8 Å². The van der Waals surface area contributed by atoms with Crippen molar-refractivity contribution >= 4 is 0 Å². The highest BCUT2D eigenvalue weighted by Crippen LogP contribution is 2.28. The molecule has 0 aromatic rings. The normalized spacial score (nSPS) is 28.3. The summed E-state index contributed by atoms with van der Waals surface area (Å²) in [6.45, 7) is 5.66. The van der Waals surface area contributed by atoms with E-state index in [1.54, 1.807) is 0 Å². The van der Waals surface area contributed by atoms with Crippen LogP contribution in [0.2, 0.25) is 0 Å². The highest BCUT2D eigenvalue weighted by Gasteiger charge is 2.18. The number of hydrogen-bond acceptors (Lipinski definition) is 2.